The van der Waals surface area contributed by atoms with Crippen LogP contribution in [0.2, 0.25) is 0 Å². The van der Waals surface area contributed by atoms with Crippen LogP contribution < -0.4 is 5.73 Å². The van der Waals surface area contributed by atoms with Crippen molar-refractivity contribution in [1.82, 2.24) is 8.61 Å². The van der Waals surface area contributed by atoms with Gasteiger partial charge in [-0.1, -0.05) is 0 Å². The van der Waals surface area contributed by atoms with Crippen LogP contribution in [0.1, 0.15) is 25.7 Å². The summed E-state index contributed by atoms with van der Waals surface area (Å²) < 4.78 is 27.0. The van der Waals surface area contributed by atoms with Crippen molar-refractivity contribution in [3.63, 3.8) is 0 Å². The fourth-order valence-electron chi connectivity index (χ4n) is 2.86. The SMILES string of the molecule is NC(=O)C1CC(O)CN1S(=O)(=O)N1CCCCC1C(=O)O. The highest BCUT2D eigenvalue weighted by Gasteiger charge is 2.47. The smallest absolute Gasteiger partial charge is 0.322 e. The number of carboxylic acid groups (broad SMARTS) is 1. The first-order valence-electron chi connectivity index (χ1n) is 6.74. The van der Waals surface area contributed by atoms with E-state index in [4.69, 9.17) is 5.73 Å². The largest absolute Gasteiger partial charge is 0.480 e. The Morgan fingerprint density at radius 3 is 2.38 bits per heavy atom. The molecule has 21 heavy (non-hydrogen) atoms. The van der Waals surface area contributed by atoms with E-state index in [0.717, 1.165) is 8.61 Å². The summed E-state index contributed by atoms with van der Waals surface area (Å²) in [4.78, 5) is 22.6. The topological polar surface area (TPSA) is 141 Å². The third-order valence-corrected chi connectivity index (χ3v) is 5.92. The summed E-state index contributed by atoms with van der Waals surface area (Å²) in [6, 6.07) is -2.28. The summed E-state index contributed by atoms with van der Waals surface area (Å²) in [7, 11) is -4.16. The molecule has 0 spiro atoms. The van der Waals surface area contributed by atoms with Crippen LogP contribution in [0, 0.1) is 0 Å². The second kappa shape index (κ2) is 5.87. The Morgan fingerprint density at radius 1 is 1.14 bits per heavy atom. The second-order valence-electron chi connectivity index (χ2n) is 5.35. The number of nitrogens with zero attached hydrogens (tertiary/aromatic N) is 2. The molecule has 2 rings (SSSR count). The zero-order valence-electron chi connectivity index (χ0n) is 11.4. The minimum absolute atomic E-state index is 0.0693. The molecular weight excluding hydrogens is 302 g/mol. The molecule has 0 bridgehead atoms. The average Bonchev–Trinajstić information content (AvgIpc) is 2.82. The molecule has 3 unspecified atom stereocenters. The zero-order valence-corrected chi connectivity index (χ0v) is 12.2. The minimum atomic E-state index is -4.16. The van der Waals surface area contributed by atoms with Crippen LogP contribution in [0.3, 0.4) is 0 Å². The number of primary amides is 1. The maximum Gasteiger partial charge on any atom is 0.322 e. The van der Waals surface area contributed by atoms with E-state index in [2.05, 4.69) is 0 Å². The van der Waals surface area contributed by atoms with Crippen molar-refractivity contribution in [2.45, 2.75) is 43.9 Å². The van der Waals surface area contributed by atoms with E-state index in [0.29, 0.717) is 12.8 Å². The molecule has 0 aromatic carbocycles. The number of aliphatic carboxylic acids is 1. The monoisotopic (exact) mass is 321 g/mol. The van der Waals surface area contributed by atoms with Crippen molar-refractivity contribution in [1.29, 1.82) is 0 Å². The first-order valence-corrected chi connectivity index (χ1v) is 8.13. The van der Waals surface area contributed by atoms with Gasteiger partial charge in [0.1, 0.15) is 12.1 Å². The van der Waals surface area contributed by atoms with Gasteiger partial charge in [0.05, 0.1) is 6.10 Å². The normalized spacial score (nSPS) is 32.1. The van der Waals surface area contributed by atoms with E-state index >= 15 is 0 Å². The number of carbonyl (C=O) groups is 2. The van der Waals surface area contributed by atoms with Crippen LogP contribution in [0.25, 0.3) is 0 Å². The van der Waals surface area contributed by atoms with Crippen molar-refractivity contribution >= 4 is 22.1 Å². The van der Waals surface area contributed by atoms with E-state index in [1.165, 1.54) is 0 Å². The molecule has 2 aliphatic rings. The first-order chi connectivity index (χ1) is 9.75. The van der Waals surface area contributed by atoms with Gasteiger partial charge in [-0.15, -0.1) is 0 Å². The lowest BCUT2D eigenvalue weighted by molar-refractivity contribution is -0.142. The quantitative estimate of drug-likeness (QED) is 0.552. The molecule has 0 aromatic heterocycles. The number of hydrogen-bond acceptors (Lipinski definition) is 5. The van der Waals surface area contributed by atoms with Gasteiger partial charge in [0.2, 0.25) is 5.91 Å². The number of carboxylic acids is 1. The van der Waals surface area contributed by atoms with Crippen LogP contribution in [-0.2, 0) is 19.8 Å². The standard InChI is InChI=1S/C11H19N3O6S/c12-10(16)9-5-7(15)6-14(9)21(19,20)13-4-2-1-3-8(13)11(17)18/h7-9,15H,1-6H2,(H2,12,16)(H,17,18). The Balaban J connectivity index is 2.31. The zero-order chi connectivity index (χ0) is 15.8. The Bertz CT molecular complexity index is 512. The average molecular weight is 321 g/mol. The molecule has 0 aromatic rings. The van der Waals surface area contributed by atoms with Gasteiger partial charge in [0.25, 0.3) is 10.2 Å². The summed E-state index contributed by atoms with van der Waals surface area (Å²) in [6.45, 7) is -0.170. The molecule has 2 aliphatic heterocycles. The second-order valence-corrected chi connectivity index (χ2v) is 7.18. The van der Waals surface area contributed by atoms with Gasteiger partial charge in [-0.05, 0) is 19.3 Å². The van der Waals surface area contributed by atoms with E-state index in [-0.39, 0.29) is 25.9 Å². The maximum atomic E-state index is 12.6. The molecule has 120 valence electrons. The predicted octanol–water partition coefficient (Wildman–Crippen LogP) is -1.91. The molecule has 0 aliphatic carbocycles. The van der Waals surface area contributed by atoms with Crippen LogP contribution >= 0.6 is 0 Å². The number of aliphatic hydroxyl groups is 1. The molecule has 4 N–H and O–H groups in total. The first kappa shape index (κ1) is 16.1. The van der Waals surface area contributed by atoms with Crippen LogP contribution in [0.4, 0.5) is 0 Å². The van der Waals surface area contributed by atoms with Gasteiger partial charge in [0.15, 0.2) is 0 Å². The summed E-state index contributed by atoms with van der Waals surface area (Å²) in [6.07, 6.45) is 0.364. The summed E-state index contributed by atoms with van der Waals surface area (Å²) >= 11 is 0. The summed E-state index contributed by atoms with van der Waals surface area (Å²) in [5.41, 5.74) is 5.18. The lowest BCUT2D eigenvalue weighted by Gasteiger charge is -2.35. The highest BCUT2D eigenvalue weighted by molar-refractivity contribution is 7.86. The van der Waals surface area contributed by atoms with Crippen molar-refractivity contribution in [3.05, 3.63) is 0 Å². The number of carbonyl (C=O) groups excluding carboxylic acids is 1. The third kappa shape index (κ3) is 3.03. The molecule has 2 fully saturated rings. The van der Waals surface area contributed by atoms with Crippen molar-refractivity contribution < 1.29 is 28.2 Å². The molecule has 2 saturated heterocycles. The predicted molar refractivity (Wildman–Crippen MR) is 71.2 cm³/mol. The molecule has 0 saturated carbocycles. The van der Waals surface area contributed by atoms with Gasteiger partial charge in [0, 0.05) is 19.5 Å². The highest BCUT2D eigenvalue weighted by Crippen LogP contribution is 2.28. The number of β-amino-alcohol motifs (C(OH)–C–C–N with tert-alkyl or cyclic N) is 1. The van der Waals surface area contributed by atoms with Gasteiger partial charge in [-0.3, -0.25) is 9.59 Å². The molecule has 0 radical (unpaired) electrons. The number of piperidine rings is 1. The number of nitrogens with two attached hydrogens (primary N) is 1. The van der Waals surface area contributed by atoms with Crippen molar-refractivity contribution in [3.8, 4) is 0 Å². The van der Waals surface area contributed by atoms with Gasteiger partial charge >= 0.3 is 5.97 Å². The van der Waals surface area contributed by atoms with Crippen molar-refractivity contribution in [2.75, 3.05) is 13.1 Å². The Labute approximate surface area is 122 Å². The Morgan fingerprint density at radius 2 is 1.81 bits per heavy atom. The van der Waals surface area contributed by atoms with Crippen LogP contribution in [0.15, 0.2) is 0 Å². The van der Waals surface area contributed by atoms with E-state index in [1.807, 2.05) is 0 Å². The van der Waals surface area contributed by atoms with E-state index in [1.54, 1.807) is 0 Å². The fourth-order valence-corrected chi connectivity index (χ4v) is 4.88. The van der Waals surface area contributed by atoms with Crippen LogP contribution in [-0.4, -0.2) is 70.4 Å². The molecule has 1 amide bonds. The Hall–Kier alpha value is -1.23. The van der Waals surface area contributed by atoms with E-state index in [9.17, 15) is 28.2 Å². The summed E-state index contributed by atoms with van der Waals surface area (Å²) in [5.74, 6) is -2.06. The Kier molecular flexibility index (Phi) is 4.51. The molecular formula is C11H19N3O6S. The van der Waals surface area contributed by atoms with Gasteiger partial charge < -0.3 is 15.9 Å². The number of rotatable bonds is 4. The minimum Gasteiger partial charge on any atom is -0.480 e. The van der Waals surface area contributed by atoms with Gasteiger partial charge in [-0.2, -0.15) is 17.0 Å². The number of hydrogen-bond donors (Lipinski definition) is 3. The van der Waals surface area contributed by atoms with Crippen molar-refractivity contribution in [2.24, 2.45) is 5.73 Å². The van der Waals surface area contributed by atoms with Crippen LogP contribution in [0.5, 0.6) is 0 Å². The fraction of sp³-hybridized carbons (Fsp3) is 0.818. The van der Waals surface area contributed by atoms with E-state index < -0.39 is 40.3 Å². The number of amides is 1. The molecule has 9 nitrogen and oxygen atoms in total. The highest BCUT2D eigenvalue weighted by atomic mass is 32.2. The number of aliphatic hydroxyl groups excluding tert-OH is 1. The van der Waals surface area contributed by atoms with Gasteiger partial charge in [-0.25, -0.2) is 0 Å². The lowest BCUT2D eigenvalue weighted by atomic mass is 10.1. The summed E-state index contributed by atoms with van der Waals surface area (Å²) in [5, 5.41) is 18.8. The molecule has 2 heterocycles. The lowest BCUT2D eigenvalue weighted by Crippen LogP contribution is -2.56. The molecule has 10 heteroatoms. The molecule has 3 atom stereocenters. The maximum absolute atomic E-state index is 12.6. The third-order valence-electron chi connectivity index (χ3n) is 3.89.